The van der Waals surface area contributed by atoms with E-state index < -0.39 is 0 Å². The van der Waals surface area contributed by atoms with E-state index in [1.54, 1.807) is 18.7 Å². The second kappa shape index (κ2) is 7.16. The molecule has 2 aliphatic rings. The van der Waals surface area contributed by atoms with Crippen LogP contribution in [0, 0.1) is 5.92 Å². The largest absolute Gasteiger partial charge is 0.381 e. The number of carbonyl (C=O) groups excluding carboxylic acids is 1. The first-order chi connectivity index (χ1) is 13.8. The van der Waals surface area contributed by atoms with Gasteiger partial charge in [-0.15, -0.1) is 0 Å². The molecule has 144 valence electrons. The number of hydrogen-bond acceptors (Lipinski definition) is 7. The molecule has 1 amide bonds. The molecule has 0 aromatic carbocycles. The van der Waals surface area contributed by atoms with E-state index in [-0.39, 0.29) is 5.91 Å². The number of hydrogen-bond donors (Lipinski definition) is 2. The highest BCUT2D eigenvalue weighted by molar-refractivity contribution is 5.99. The number of aromatic nitrogens is 5. The number of carbonyl (C=O) groups is 1. The van der Waals surface area contributed by atoms with E-state index in [0.717, 1.165) is 55.8 Å². The lowest BCUT2D eigenvalue weighted by Gasteiger charge is -2.31. The van der Waals surface area contributed by atoms with Crippen LogP contribution in [0.2, 0.25) is 0 Å². The van der Waals surface area contributed by atoms with Crippen molar-refractivity contribution < 1.29 is 9.53 Å². The second-order valence-corrected chi connectivity index (χ2v) is 7.24. The first-order valence-corrected chi connectivity index (χ1v) is 9.55. The molecule has 1 saturated heterocycles. The van der Waals surface area contributed by atoms with Gasteiger partial charge in [0.05, 0.1) is 30.3 Å². The lowest BCUT2D eigenvalue weighted by atomic mass is 9.96. The van der Waals surface area contributed by atoms with Crippen LogP contribution in [-0.2, 0) is 9.53 Å². The molecule has 2 aliphatic heterocycles. The van der Waals surface area contributed by atoms with Crippen molar-refractivity contribution in [3.05, 3.63) is 24.8 Å². The van der Waals surface area contributed by atoms with Crippen molar-refractivity contribution in [2.75, 3.05) is 36.5 Å². The highest BCUT2D eigenvalue weighted by Gasteiger charge is 2.26. The lowest BCUT2D eigenvalue weighted by molar-refractivity contribution is -0.115. The van der Waals surface area contributed by atoms with E-state index in [4.69, 9.17) is 9.72 Å². The van der Waals surface area contributed by atoms with Crippen molar-refractivity contribution in [2.24, 2.45) is 5.92 Å². The Hall–Kier alpha value is -3.07. The summed E-state index contributed by atoms with van der Waals surface area (Å²) >= 11 is 0. The number of nitrogens with one attached hydrogen (secondary N) is 2. The number of imidazole rings is 1. The smallest absolute Gasteiger partial charge is 0.245 e. The molecular weight excluding hydrogens is 358 g/mol. The molecule has 28 heavy (non-hydrogen) atoms. The second-order valence-electron chi connectivity index (χ2n) is 7.24. The van der Waals surface area contributed by atoms with Gasteiger partial charge in [-0.25, -0.2) is 19.9 Å². The number of amides is 1. The Morgan fingerprint density at radius 1 is 1.18 bits per heavy atom. The van der Waals surface area contributed by atoms with Crippen molar-refractivity contribution >= 4 is 28.7 Å². The van der Waals surface area contributed by atoms with E-state index >= 15 is 0 Å². The predicted octanol–water partition coefficient (Wildman–Crippen LogP) is 1.99. The molecule has 9 heteroatoms. The van der Waals surface area contributed by atoms with Crippen LogP contribution < -0.4 is 10.2 Å². The topological polar surface area (TPSA) is 109 Å². The molecule has 2 N–H and O–H groups in total. The molecule has 0 aliphatic carbocycles. The summed E-state index contributed by atoms with van der Waals surface area (Å²) in [4.78, 5) is 34.9. The van der Waals surface area contributed by atoms with Crippen LogP contribution in [0.1, 0.15) is 19.3 Å². The first-order valence-electron chi connectivity index (χ1n) is 9.55. The molecule has 3 aromatic rings. The molecular formula is C19H21N7O2. The zero-order valence-electron chi connectivity index (χ0n) is 15.4. The van der Waals surface area contributed by atoms with Crippen LogP contribution in [0.4, 0.5) is 11.6 Å². The minimum atomic E-state index is -0.0536. The molecule has 0 spiro atoms. The zero-order valence-corrected chi connectivity index (χ0v) is 15.4. The van der Waals surface area contributed by atoms with Gasteiger partial charge in [-0.05, 0) is 31.2 Å². The summed E-state index contributed by atoms with van der Waals surface area (Å²) in [5.41, 5.74) is 3.09. The van der Waals surface area contributed by atoms with Crippen LogP contribution >= 0.6 is 0 Å². The van der Waals surface area contributed by atoms with Gasteiger partial charge in [0.1, 0.15) is 0 Å². The Kier molecular flexibility index (Phi) is 4.36. The van der Waals surface area contributed by atoms with Crippen LogP contribution in [-0.4, -0.2) is 57.1 Å². The summed E-state index contributed by atoms with van der Waals surface area (Å²) in [5, 5.41) is 2.83. The SMILES string of the molecule is O=C1CN(CCC2CCOCC2)c2nc(-c3cnc4nc[nH]c4c3)cnc2N1. The van der Waals surface area contributed by atoms with Crippen molar-refractivity contribution in [3.63, 3.8) is 0 Å². The quantitative estimate of drug-likeness (QED) is 0.713. The highest BCUT2D eigenvalue weighted by Crippen LogP contribution is 2.30. The van der Waals surface area contributed by atoms with Gasteiger partial charge in [0.25, 0.3) is 0 Å². The summed E-state index contributed by atoms with van der Waals surface area (Å²) in [6.45, 7) is 2.73. The molecule has 0 unspecified atom stereocenters. The molecule has 0 saturated carbocycles. The Morgan fingerprint density at radius 2 is 2.07 bits per heavy atom. The van der Waals surface area contributed by atoms with Crippen molar-refractivity contribution in [1.29, 1.82) is 0 Å². The van der Waals surface area contributed by atoms with Gasteiger partial charge in [0.2, 0.25) is 5.91 Å². The number of anilines is 2. The Bertz CT molecular complexity index is 1010. The average molecular weight is 379 g/mol. The molecule has 5 heterocycles. The molecule has 0 radical (unpaired) electrons. The fraction of sp³-hybridized carbons (Fsp3) is 0.421. The van der Waals surface area contributed by atoms with Gasteiger partial charge in [-0.1, -0.05) is 0 Å². The lowest BCUT2D eigenvalue weighted by Crippen LogP contribution is -2.40. The highest BCUT2D eigenvalue weighted by atomic mass is 16.5. The molecule has 5 rings (SSSR count). The summed E-state index contributed by atoms with van der Waals surface area (Å²) in [6.07, 6.45) is 8.20. The van der Waals surface area contributed by atoms with Gasteiger partial charge in [-0.2, -0.15) is 0 Å². The van der Waals surface area contributed by atoms with Gasteiger partial charge in [-0.3, -0.25) is 4.79 Å². The Morgan fingerprint density at radius 3 is 2.96 bits per heavy atom. The third-order valence-electron chi connectivity index (χ3n) is 5.36. The summed E-state index contributed by atoms with van der Waals surface area (Å²) < 4.78 is 5.44. The van der Waals surface area contributed by atoms with E-state index in [1.165, 1.54) is 0 Å². The molecule has 3 aromatic heterocycles. The monoisotopic (exact) mass is 379 g/mol. The van der Waals surface area contributed by atoms with Gasteiger partial charge >= 0.3 is 0 Å². The van der Waals surface area contributed by atoms with Crippen LogP contribution in [0.25, 0.3) is 22.4 Å². The number of rotatable bonds is 4. The fourth-order valence-corrected chi connectivity index (χ4v) is 3.78. The zero-order chi connectivity index (χ0) is 18.9. The number of fused-ring (bicyclic) bond motifs is 2. The minimum absolute atomic E-state index is 0.0536. The summed E-state index contributed by atoms with van der Waals surface area (Å²) in [5.74, 6) is 1.81. The number of H-pyrrole nitrogens is 1. The number of aromatic amines is 1. The predicted molar refractivity (Wildman–Crippen MR) is 104 cm³/mol. The molecule has 0 bridgehead atoms. The third-order valence-corrected chi connectivity index (χ3v) is 5.36. The first kappa shape index (κ1) is 17.1. The van der Waals surface area contributed by atoms with E-state index in [0.29, 0.717) is 29.7 Å². The van der Waals surface area contributed by atoms with E-state index in [9.17, 15) is 4.79 Å². The maximum Gasteiger partial charge on any atom is 0.245 e. The number of ether oxygens (including phenoxy) is 1. The van der Waals surface area contributed by atoms with Gasteiger partial charge < -0.3 is 19.9 Å². The Balaban J connectivity index is 1.42. The van der Waals surface area contributed by atoms with E-state index in [1.807, 2.05) is 11.0 Å². The number of nitrogens with zero attached hydrogens (tertiary/aromatic N) is 5. The molecule has 0 atom stereocenters. The maximum atomic E-state index is 12.1. The van der Waals surface area contributed by atoms with Crippen LogP contribution in [0.3, 0.4) is 0 Å². The number of pyridine rings is 1. The van der Waals surface area contributed by atoms with E-state index in [2.05, 4.69) is 25.3 Å². The standard InChI is InChI=1S/C19H21N7O2/c27-16-10-26(4-1-12-2-5-28-6-3-12)19-18(25-16)21-9-15(24-19)13-7-14-17(20-8-13)23-11-22-14/h7-9,11-12H,1-6,10H2,(H,20,22,23)(H,21,25,27). The van der Waals surface area contributed by atoms with Crippen molar-refractivity contribution in [1.82, 2.24) is 24.9 Å². The van der Waals surface area contributed by atoms with Crippen molar-refractivity contribution in [2.45, 2.75) is 19.3 Å². The average Bonchev–Trinajstić information content (AvgIpc) is 3.20. The van der Waals surface area contributed by atoms with Crippen LogP contribution in [0.5, 0.6) is 0 Å². The fourth-order valence-electron chi connectivity index (χ4n) is 3.78. The molecule has 9 nitrogen and oxygen atoms in total. The maximum absolute atomic E-state index is 12.1. The summed E-state index contributed by atoms with van der Waals surface area (Å²) in [6, 6.07) is 1.96. The normalized spacial score (nSPS) is 17.6. The van der Waals surface area contributed by atoms with Crippen molar-refractivity contribution in [3.8, 4) is 11.3 Å². The van der Waals surface area contributed by atoms with Crippen LogP contribution in [0.15, 0.2) is 24.8 Å². The van der Waals surface area contributed by atoms with Gasteiger partial charge in [0, 0.05) is 31.5 Å². The third kappa shape index (κ3) is 3.29. The molecule has 1 fully saturated rings. The Labute approximate surface area is 161 Å². The minimum Gasteiger partial charge on any atom is -0.381 e. The van der Waals surface area contributed by atoms with Gasteiger partial charge in [0.15, 0.2) is 17.3 Å². The summed E-state index contributed by atoms with van der Waals surface area (Å²) in [7, 11) is 0.